The van der Waals surface area contributed by atoms with Gasteiger partial charge in [0.1, 0.15) is 22.5 Å². The monoisotopic (exact) mass is 386 g/mol. The molecule has 8 heteroatoms. The first kappa shape index (κ1) is 17.7. The number of benzene rings is 1. The van der Waals surface area contributed by atoms with E-state index in [1.165, 1.54) is 23.5 Å². The average molecular weight is 386 g/mol. The van der Waals surface area contributed by atoms with Crippen molar-refractivity contribution in [3.05, 3.63) is 64.1 Å². The van der Waals surface area contributed by atoms with Gasteiger partial charge in [-0.2, -0.15) is 0 Å². The fourth-order valence-corrected chi connectivity index (χ4v) is 4.16. The molecule has 6 nitrogen and oxygen atoms in total. The van der Waals surface area contributed by atoms with Gasteiger partial charge in [0.25, 0.3) is 5.91 Å². The van der Waals surface area contributed by atoms with Crippen LogP contribution in [0.2, 0.25) is 0 Å². The van der Waals surface area contributed by atoms with Gasteiger partial charge in [-0.3, -0.25) is 4.79 Å². The fourth-order valence-electron chi connectivity index (χ4n) is 3.37. The molecule has 1 aliphatic heterocycles. The van der Waals surface area contributed by atoms with Crippen LogP contribution in [0.4, 0.5) is 9.52 Å². The summed E-state index contributed by atoms with van der Waals surface area (Å²) < 4.78 is 19.0. The molecule has 3 aromatic rings. The van der Waals surface area contributed by atoms with E-state index in [9.17, 15) is 9.18 Å². The third-order valence-electron chi connectivity index (χ3n) is 4.67. The Morgan fingerprint density at radius 2 is 2.19 bits per heavy atom. The first-order chi connectivity index (χ1) is 13.0. The number of nitrogens with two attached hydrogens (primary N) is 1. The van der Waals surface area contributed by atoms with Crippen LogP contribution >= 0.6 is 11.3 Å². The molecule has 0 saturated carbocycles. The third kappa shape index (κ3) is 3.57. The molecule has 2 aromatic heterocycles. The molecular formula is C19H19FN4O2S. The van der Waals surface area contributed by atoms with Crippen molar-refractivity contribution in [2.75, 3.05) is 12.3 Å². The molecule has 4 rings (SSSR count). The topological polar surface area (TPSA) is 85.2 Å². The second-order valence-electron chi connectivity index (χ2n) is 6.59. The van der Waals surface area contributed by atoms with Crippen LogP contribution in [0.1, 0.15) is 51.5 Å². The molecule has 140 valence electrons. The second kappa shape index (κ2) is 7.11. The summed E-state index contributed by atoms with van der Waals surface area (Å²) in [5, 5.41) is 0.393. The largest absolute Gasteiger partial charge is 0.443 e. The van der Waals surface area contributed by atoms with Crippen molar-refractivity contribution in [3.8, 4) is 0 Å². The SMILES string of the molecule is Cc1nc(N)sc1C(=O)N1CCCC1c1ncc(Cc2ccc(F)cc2)o1. The lowest BCUT2D eigenvalue weighted by atomic mass is 10.1. The number of rotatable bonds is 4. The van der Waals surface area contributed by atoms with E-state index in [2.05, 4.69) is 9.97 Å². The minimum absolute atomic E-state index is 0.0810. The molecule has 1 atom stereocenters. The van der Waals surface area contributed by atoms with Gasteiger partial charge in [0.15, 0.2) is 5.13 Å². The number of anilines is 1. The summed E-state index contributed by atoms with van der Waals surface area (Å²) in [6.45, 7) is 2.44. The molecule has 1 unspecified atom stereocenters. The second-order valence-corrected chi connectivity index (χ2v) is 7.62. The number of likely N-dealkylation sites (tertiary alicyclic amines) is 1. The molecule has 27 heavy (non-hydrogen) atoms. The number of hydrogen-bond acceptors (Lipinski definition) is 6. The highest BCUT2D eigenvalue weighted by Gasteiger charge is 2.35. The summed E-state index contributed by atoms with van der Waals surface area (Å²) in [6, 6.07) is 6.10. The van der Waals surface area contributed by atoms with Crippen LogP contribution in [0.3, 0.4) is 0 Å². The van der Waals surface area contributed by atoms with Crippen molar-refractivity contribution in [3.63, 3.8) is 0 Å². The molecule has 0 bridgehead atoms. The highest BCUT2D eigenvalue weighted by molar-refractivity contribution is 7.17. The van der Waals surface area contributed by atoms with Gasteiger partial charge in [-0.05, 0) is 37.5 Å². The van der Waals surface area contributed by atoms with Gasteiger partial charge in [-0.1, -0.05) is 23.5 Å². The summed E-state index contributed by atoms with van der Waals surface area (Å²) in [6.07, 6.45) is 3.89. The Hall–Kier alpha value is -2.74. The van der Waals surface area contributed by atoms with Gasteiger partial charge < -0.3 is 15.1 Å². The number of halogens is 1. The molecule has 1 fully saturated rings. The van der Waals surface area contributed by atoms with E-state index in [0.717, 1.165) is 18.4 Å². The zero-order chi connectivity index (χ0) is 19.0. The maximum atomic E-state index is 13.0. The van der Waals surface area contributed by atoms with Crippen molar-refractivity contribution in [1.82, 2.24) is 14.9 Å². The number of nitrogen functional groups attached to an aromatic ring is 1. The van der Waals surface area contributed by atoms with Crippen LogP contribution < -0.4 is 5.73 Å². The summed E-state index contributed by atoms with van der Waals surface area (Å²) in [4.78, 5) is 23.8. The van der Waals surface area contributed by atoms with Gasteiger partial charge in [0, 0.05) is 13.0 Å². The zero-order valence-corrected chi connectivity index (χ0v) is 15.6. The molecule has 1 amide bonds. The van der Waals surface area contributed by atoms with Gasteiger partial charge >= 0.3 is 0 Å². The van der Waals surface area contributed by atoms with Gasteiger partial charge in [-0.15, -0.1) is 0 Å². The van der Waals surface area contributed by atoms with E-state index in [0.29, 0.717) is 40.3 Å². The smallest absolute Gasteiger partial charge is 0.266 e. The van der Waals surface area contributed by atoms with E-state index in [1.54, 1.807) is 30.2 Å². The number of amides is 1. The maximum Gasteiger partial charge on any atom is 0.266 e. The van der Waals surface area contributed by atoms with Crippen LogP contribution in [0.15, 0.2) is 34.9 Å². The highest BCUT2D eigenvalue weighted by atomic mass is 32.1. The van der Waals surface area contributed by atoms with Crippen LogP contribution in [-0.2, 0) is 6.42 Å². The number of carbonyl (C=O) groups is 1. The van der Waals surface area contributed by atoms with Crippen LogP contribution in [0.25, 0.3) is 0 Å². The number of aromatic nitrogens is 2. The van der Waals surface area contributed by atoms with E-state index in [4.69, 9.17) is 10.2 Å². The summed E-state index contributed by atoms with van der Waals surface area (Å²) in [7, 11) is 0. The Morgan fingerprint density at radius 3 is 2.89 bits per heavy atom. The Balaban J connectivity index is 1.52. The number of carbonyl (C=O) groups excluding carboxylic acids is 1. The molecular weight excluding hydrogens is 367 g/mol. The third-order valence-corrected chi connectivity index (χ3v) is 5.64. The van der Waals surface area contributed by atoms with Crippen molar-refractivity contribution >= 4 is 22.4 Å². The molecule has 2 N–H and O–H groups in total. The minimum atomic E-state index is -0.267. The average Bonchev–Trinajstić information content (AvgIpc) is 3.36. The molecule has 1 aliphatic rings. The number of oxazole rings is 1. The van der Waals surface area contributed by atoms with E-state index >= 15 is 0 Å². The summed E-state index contributed by atoms with van der Waals surface area (Å²) in [5.41, 5.74) is 7.32. The lowest BCUT2D eigenvalue weighted by Crippen LogP contribution is -2.30. The molecule has 0 aliphatic carbocycles. The van der Waals surface area contributed by atoms with Crippen LogP contribution in [-0.4, -0.2) is 27.3 Å². The first-order valence-electron chi connectivity index (χ1n) is 8.74. The number of hydrogen-bond donors (Lipinski definition) is 1. The van der Waals surface area contributed by atoms with E-state index in [1.807, 2.05) is 0 Å². The van der Waals surface area contributed by atoms with E-state index in [-0.39, 0.29) is 17.8 Å². The maximum absolute atomic E-state index is 13.0. The number of aryl methyl sites for hydroxylation is 1. The first-order valence-corrected chi connectivity index (χ1v) is 9.56. The fraction of sp³-hybridized carbons (Fsp3) is 0.316. The lowest BCUT2D eigenvalue weighted by molar-refractivity contribution is 0.0718. The number of thiazole rings is 1. The van der Waals surface area contributed by atoms with Crippen molar-refractivity contribution < 1.29 is 13.6 Å². The Labute approximate surface area is 159 Å². The van der Waals surface area contributed by atoms with Crippen molar-refractivity contribution in [1.29, 1.82) is 0 Å². The van der Waals surface area contributed by atoms with Crippen LogP contribution in [0, 0.1) is 12.7 Å². The van der Waals surface area contributed by atoms with Gasteiger partial charge in [-0.25, -0.2) is 14.4 Å². The zero-order valence-electron chi connectivity index (χ0n) is 14.8. The summed E-state index contributed by atoms with van der Waals surface area (Å²) in [5.74, 6) is 0.876. The van der Waals surface area contributed by atoms with Crippen LogP contribution in [0.5, 0.6) is 0 Å². The summed E-state index contributed by atoms with van der Waals surface area (Å²) >= 11 is 1.21. The molecule has 0 spiro atoms. The standard InChI is InChI=1S/C19H19FN4O2S/c1-11-16(27-19(21)23-11)18(25)24-8-2-3-15(24)17-22-10-14(26-17)9-12-4-6-13(20)7-5-12/h4-7,10,15H,2-3,8-9H2,1H3,(H2,21,23). The molecule has 3 heterocycles. The number of nitrogens with zero attached hydrogens (tertiary/aromatic N) is 3. The predicted octanol–water partition coefficient (Wildman–Crippen LogP) is 3.73. The minimum Gasteiger partial charge on any atom is -0.443 e. The predicted molar refractivity (Wildman–Crippen MR) is 100.0 cm³/mol. The quantitative estimate of drug-likeness (QED) is 0.738. The lowest BCUT2D eigenvalue weighted by Gasteiger charge is -2.21. The van der Waals surface area contributed by atoms with Gasteiger partial charge in [0.05, 0.1) is 11.9 Å². The normalized spacial score (nSPS) is 16.8. The Kier molecular flexibility index (Phi) is 4.65. The van der Waals surface area contributed by atoms with Gasteiger partial charge in [0.2, 0.25) is 5.89 Å². The van der Waals surface area contributed by atoms with E-state index < -0.39 is 0 Å². The Morgan fingerprint density at radius 1 is 1.41 bits per heavy atom. The highest BCUT2D eigenvalue weighted by Crippen LogP contribution is 2.34. The molecule has 1 aromatic carbocycles. The van der Waals surface area contributed by atoms with Crippen molar-refractivity contribution in [2.24, 2.45) is 0 Å². The van der Waals surface area contributed by atoms with Crippen molar-refractivity contribution in [2.45, 2.75) is 32.2 Å². The molecule has 1 saturated heterocycles. The Bertz CT molecular complexity index is 967. The molecule has 0 radical (unpaired) electrons.